The third kappa shape index (κ3) is 5.59. The third-order valence-corrected chi connectivity index (χ3v) is 7.98. The number of rotatable bonds is 9. The monoisotopic (exact) mass is 519 g/mol. The molecule has 0 aliphatic rings. The summed E-state index contributed by atoms with van der Waals surface area (Å²) in [5.74, 6) is 0.100. The molecule has 1 heterocycles. The van der Waals surface area contributed by atoms with Crippen LogP contribution in [0.3, 0.4) is 0 Å². The maximum absolute atomic E-state index is 13.7. The van der Waals surface area contributed by atoms with E-state index in [1.165, 1.54) is 10.8 Å². The predicted octanol–water partition coefficient (Wildman–Crippen LogP) is 5.31. The van der Waals surface area contributed by atoms with Gasteiger partial charge in [-0.3, -0.25) is 4.79 Å². The topological polar surface area (TPSA) is 91.7 Å². The Kier molecular flexibility index (Phi) is 7.78. The molecule has 0 amide bonds. The summed E-state index contributed by atoms with van der Waals surface area (Å²) < 4.78 is 39.4. The lowest BCUT2D eigenvalue weighted by molar-refractivity contribution is 0.0473. The molecule has 0 aliphatic carbocycles. The average Bonchev–Trinajstić information content (AvgIpc) is 2.91. The lowest BCUT2D eigenvalue weighted by Crippen LogP contribution is -2.22. The van der Waals surface area contributed by atoms with E-state index >= 15 is 0 Å². The minimum absolute atomic E-state index is 0.0467. The molecule has 7 nitrogen and oxygen atoms in total. The van der Waals surface area contributed by atoms with Crippen LogP contribution in [0.5, 0.6) is 5.75 Å². The van der Waals surface area contributed by atoms with Gasteiger partial charge in [0.2, 0.25) is 9.84 Å². The van der Waals surface area contributed by atoms with Crippen molar-refractivity contribution >= 4 is 26.6 Å². The normalized spacial score (nSPS) is 11.4. The number of hydrogen-bond acceptors (Lipinski definition) is 6. The van der Waals surface area contributed by atoms with Crippen LogP contribution in [0, 0.1) is 6.92 Å². The summed E-state index contributed by atoms with van der Waals surface area (Å²) in [5, 5.41) is 0.603. The summed E-state index contributed by atoms with van der Waals surface area (Å²) in [6.07, 6.45) is 3.04. The van der Waals surface area contributed by atoms with Gasteiger partial charge in [0.15, 0.2) is 0 Å². The molecular weight excluding hydrogens is 490 g/mol. The number of esters is 1. The van der Waals surface area contributed by atoms with Crippen molar-refractivity contribution in [2.24, 2.45) is 0 Å². The van der Waals surface area contributed by atoms with Gasteiger partial charge in [-0.15, -0.1) is 0 Å². The zero-order valence-electron chi connectivity index (χ0n) is 21.1. The number of fused-ring (bicyclic) bond motifs is 1. The molecular formula is C29H29NO6S. The number of sulfone groups is 1. The maximum atomic E-state index is 13.7. The number of benzene rings is 3. The fraction of sp³-hybridized carbons (Fsp3) is 0.241. The summed E-state index contributed by atoms with van der Waals surface area (Å²) in [6.45, 7) is 4.23. The molecule has 0 saturated carbocycles. The first kappa shape index (κ1) is 26.2. The van der Waals surface area contributed by atoms with Crippen molar-refractivity contribution in [3.05, 3.63) is 100.0 Å². The summed E-state index contributed by atoms with van der Waals surface area (Å²) in [4.78, 5) is 25.9. The Morgan fingerprint density at radius 1 is 0.946 bits per heavy atom. The fourth-order valence-electron chi connectivity index (χ4n) is 4.01. The minimum Gasteiger partial charge on any atom is -0.497 e. The number of aromatic nitrogens is 1. The number of carbonyl (C=O) groups excluding carboxylic acids is 1. The predicted molar refractivity (Wildman–Crippen MR) is 142 cm³/mol. The Labute approximate surface area is 216 Å². The van der Waals surface area contributed by atoms with Gasteiger partial charge in [-0.1, -0.05) is 37.1 Å². The Bertz CT molecular complexity index is 1590. The van der Waals surface area contributed by atoms with Crippen LogP contribution in [0.4, 0.5) is 0 Å². The molecule has 4 rings (SSSR count). The molecule has 0 spiro atoms. The summed E-state index contributed by atoms with van der Waals surface area (Å²) in [6, 6.07) is 18.1. The minimum atomic E-state index is -3.92. The molecule has 0 aliphatic heterocycles. The number of unbranched alkanes of at least 4 members (excludes halogenated alkanes) is 1. The van der Waals surface area contributed by atoms with Crippen molar-refractivity contribution < 1.29 is 22.7 Å². The van der Waals surface area contributed by atoms with Crippen molar-refractivity contribution in [1.29, 1.82) is 0 Å². The largest absolute Gasteiger partial charge is 0.497 e. The highest BCUT2D eigenvalue weighted by atomic mass is 32.2. The highest BCUT2D eigenvalue weighted by Gasteiger charge is 2.23. The molecule has 0 fully saturated rings. The van der Waals surface area contributed by atoms with Crippen molar-refractivity contribution in [2.45, 2.75) is 49.6 Å². The van der Waals surface area contributed by atoms with Gasteiger partial charge in [0.1, 0.15) is 12.4 Å². The standard InChI is InChI=1S/C29H29NO6S/c1-4-5-16-30-18-27(37(33,34)24-13-6-20(2)7-14-24)26-17-21(8-15-25(26)28(30)31)19-36-29(32)22-9-11-23(35-3)12-10-22/h6-15,17-18H,4-5,16,19H2,1-3H3. The molecule has 37 heavy (non-hydrogen) atoms. The van der Waals surface area contributed by atoms with E-state index in [9.17, 15) is 18.0 Å². The van der Waals surface area contributed by atoms with Crippen molar-refractivity contribution in [3.8, 4) is 5.75 Å². The number of pyridine rings is 1. The SMILES string of the molecule is CCCCn1cc(S(=O)(=O)c2ccc(C)cc2)c2cc(COC(=O)c3ccc(OC)cc3)ccc2c1=O. The van der Waals surface area contributed by atoms with E-state index in [4.69, 9.17) is 9.47 Å². The second kappa shape index (κ2) is 11.0. The van der Waals surface area contributed by atoms with Crippen LogP contribution in [0.15, 0.2) is 87.5 Å². The first-order valence-electron chi connectivity index (χ1n) is 12.0. The molecule has 0 N–H and O–H groups in total. The van der Waals surface area contributed by atoms with Gasteiger partial charge in [-0.25, -0.2) is 13.2 Å². The molecule has 0 atom stereocenters. The summed E-state index contributed by atoms with van der Waals surface area (Å²) in [5.41, 5.74) is 1.62. The Balaban J connectivity index is 1.74. The van der Waals surface area contributed by atoms with E-state index in [1.54, 1.807) is 73.8 Å². The quantitative estimate of drug-likeness (QED) is 0.278. The van der Waals surface area contributed by atoms with Crippen LogP contribution < -0.4 is 10.3 Å². The first-order valence-corrected chi connectivity index (χ1v) is 13.5. The maximum Gasteiger partial charge on any atom is 0.338 e. The first-order chi connectivity index (χ1) is 17.7. The van der Waals surface area contributed by atoms with Crippen molar-refractivity contribution in [2.75, 3.05) is 7.11 Å². The van der Waals surface area contributed by atoms with Crippen molar-refractivity contribution in [3.63, 3.8) is 0 Å². The van der Waals surface area contributed by atoms with Crippen LogP contribution in [-0.2, 0) is 27.7 Å². The van der Waals surface area contributed by atoms with Crippen LogP contribution in [-0.4, -0.2) is 26.1 Å². The molecule has 4 aromatic rings. The molecule has 0 radical (unpaired) electrons. The molecule has 192 valence electrons. The van der Waals surface area contributed by atoms with Gasteiger partial charge in [-0.05, 0) is 67.4 Å². The Morgan fingerprint density at radius 3 is 2.30 bits per heavy atom. The molecule has 1 aromatic heterocycles. The Morgan fingerprint density at radius 2 is 1.65 bits per heavy atom. The molecule has 3 aromatic carbocycles. The van der Waals surface area contributed by atoms with Gasteiger partial charge in [0, 0.05) is 23.5 Å². The molecule has 0 bridgehead atoms. The van der Waals surface area contributed by atoms with Gasteiger partial charge in [0.05, 0.1) is 22.5 Å². The summed E-state index contributed by atoms with van der Waals surface area (Å²) in [7, 11) is -2.38. The van der Waals surface area contributed by atoms with Crippen LogP contribution in [0.2, 0.25) is 0 Å². The Hall–Kier alpha value is -3.91. The van der Waals surface area contributed by atoms with E-state index < -0.39 is 15.8 Å². The fourth-order valence-corrected chi connectivity index (χ4v) is 5.48. The van der Waals surface area contributed by atoms with E-state index in [1.807, 2.05) is 13.8 Å². The zero-order chi connectivity index (χ0) is 26.6. The van der Waals surface area contributed by atoms with Crippen LogP contribution in [0.1, 0.15) is 41.3 Å². The van der Waals surface area contributed by atoms with Crippen LogP contribution >= 0.6 is 0 Å². The summed E-state index contributed by atoms with van der Waals surface area (Å²) >= 11 is 0. The molecule has 0 unspecified atom stereocenters. The second-order valence-electron chi connectivity index (χ2n) is 8.85. The number of hydrogen-bond donors (Lipinski definition) is 0. The number of ether oxygens (including phenoxy) is 2. The lowest BCUT2D eigenvalue weighted by Gasteiger charge is -2.14. The zero-order valence-corrected chi connectivity index (χ0v) is 21.9. The lowest BCUT2D eigenvalue weighted by atomic mass is 10.1. The van der Waals surface area contributed by atoms with E-state index in [0.29, 0.717) is 34.2 Å². The number of nitrogens with zero attached hydrogens (tertiary/aromatic N) is 1. The van der Waals surface area contributed by atoms with Gasteiger partial charge in [0.25, 0.3) is 5.56 Å². The number of aryl methyl sites for hydroxylation is 2. The van der Waals surface area contributed by atoms with E-state index in [0.717, 1.165) is 18.4 Å². The van der Waals surface area contributed by atoms with Crippen LogP contribution in [0.25, 0.3) is 10.8 Å². The van der Waals surface area contributed by atoms with Gasteiger partial charge >= 0.3 is 5.97 Å². The van der Waals surface area contributed by atoms with E-state index in [-0.39, 0.29) is 22.0 Å². The van der Waals surface area contributed by atoms with Crippen molar-refractivity contribution in [1.82, 2.24) is 4.57 Å². The average molecular weight is 520 g/mol. The molecule has 8 heteroatoms. The number of methoxy groups -OCH3 is 1. The molecule has 0 saturated heterocycles. The second-order valence-corrected chi connectivity index (χ2v) is 10.8. The highest BCUT2D eigenvalue weighted by molar-refractivity contribution is 7.91. The smallest absolute Gasteiger partial charge is 0.338 e. The highest BCUT2D eigenvalue weighted by Crippen LogP contribution is 2.28. The number of carbonyl (C=O) groups is 1. The van der Waals surface area contributed by atoms with E-state index in [2.05, 4.69) is 0 Å². The van der Waals surface area contributed by atoms with Gasteiger partial charge < -0.3 is 14.0 Å². The van der Waals surface area contributed by atoms with Gasteiger partial charge in [-0.2, -0.15) is 0 Å². The third-order valence-electron chi connectivity index (χ3n) is 6.18.